The Kier molecular flexibility index (Phi) is 3.68. The van der Waals surface area contributed by atoms with E-state index in [0.717, 1.165) is 31.1 Å². The van der Waals surface area contributed by atoms with E-state index >= 15 is 0 Å². The predicted molar refractivity (Wildman–Crippen MR) is 83.3 cm³/mol. The predicted octanol–water partition coefficient (Wildman–Crippen LogP) is 3.43. The molecule has 2 amide bonds. The summed E-state index contributed by atoms with van der Waals surface area (Å²) < 4.78 is 1.88. The van der Waals surface area contributed by atoms with Crippen molar-refractivity contribution in [2.45, 2.75) is 64.5 Å². The topological polar surface area (TPSA) is 50.2 Å². The van der Waals surface area contributed by atoms with E-state index in [1.165, 1.54) is 19.3 Å². The normalized spacial score (nSPS) is 25.8. The highest BCUT2D eigenvalue weighted by Crippen LogP contribution is 2.37. The monoisotopic (exact) mass is 290 g/mol. The van der Waals surface area contributed by atoms with Crippen molar-refractivity contribution in [1.29, 1.82) is 0 Å². The molecule has 1 saturated heterocycles. The molecule has 116 valence electrons. The Morgan fingerprint density at radius 1 is 1.29 bits per heavy atom. The lowest BCUT2D eigenvalue weighted by Crippen LogP contribution is -2.48. The van der Waals surface area contributed by atoms with Crippen LogP contribution in [0.1, 0.15) is 52.9 Å². The second-order valence-electron chi connectivity index (χ2n) is 7.32. The molecule has 0 unspecified atom stereocenters. The number of nitrogens with one attached hydrogen (secondary N) is 1. The highest BCUT2D eigenvalue weighted by atomic mass is 16.2. The summed E-state index contributed by atoms with van der Waals surface area (Å²) >= 11 is 0. The smallest absolute Gasteiger partial charge is 0.321 e. The highest BCUT2D eigenvalue weighted by molar-refractivity contribution is 5.88. The van der Waals surface area contributed by atoms with Gasteiger partial charge >= 0.3 is 6.03 Å². The van der Waals surface area contributed by atoms with E-state index in [0.29, 0.717) is 6.04 Å². The molecular weight excluding hydrogens is 264 g/mol. The number of carbonyl (C=O) groups is 1. The summed E-state index contributed by atoms with van der Waals surface area (Å²) in [6.45, 7) is 7.15. The molecule has 5 heteroatoms. The van der Waals surface area contributed by atoms with Gasteiger partial charge in [-0.05, 0) is 52.4 Å². The van der Waals surface area contributed by atoms with Crippen LogP contribution in [0.2, 0.25) is 0 Å². The van der Waals surface area contributed by atoms with Gasteiger partial charge in [-0.3, -0.25) is 5.32 Å². The summed E-state index contributed by atoms with van der Waals surface area (Å²) in [7, 11) is 0. The summed E-state index contributed by atoms with van der Waals surface area (Å²) in [5, 5.41) is 7.40. The summed E-state index contributed by atoms with van der Waals surface area (Å²) in [6, 6.07) is 2.36. The lowest BCUT2D eigenvalue weighted by atomic mass is 9.92. The molecule has 0 radical (unpaired) electrons. The van der Waals surface area contributed by atoms with Crippen LogP contribution in [0.15, 0.2) is 12.3 Å². The number of rotatable bonds is 1. The number of fused-ring (bicyclic) bond motifs is 1. The molecule has 1 aromatic rings. The largest absolute Gasteiger partial charge is 0.323 e. The van der Waals surface area contributed by atoms with Crippen LogP contribution in [0.5, 0.6) is 0 Å². The zero-order valence-corrected chi connectivity index (χ0v) is 13.3. The number of aromatic nitrogens is 2. The third kappa shape index (κ3) is 2.78. The molecule has 2 heterocycles. The second kappa shape index (κ2) is 5.35. The van der Waals surface area contributed by atoms with Crippen molar-refractivity contribution in [3.63, 3.8) is 0 Å². The van der Waals surface area contributed by atoms with Gasteiger partial charge in [-0.15, -0.1) is 0 Å². The van der Waals surface area contributed by atoms with E-state index in [1.54, 1.807) is 6.20 Å². The summed E-state index contributed by atoms with van der Waals surface area (Å²) in [6.07, 6.45) is 7.88. The van der Waals surface area contributed by atoms with E-state index in [2.05, 4.69) is 36.1 Å². The number of urea groups is 1. The standard InChI is InChI=1S/C16H26N4O/c1-16(2,3)20-14(9-10-17-20)18-15(21)19-11-5-7-12-6-4-8-13(12)19/h9-10,12-13H,4-8,11H2,1-3H3,(H,18,21)/t12-,13-/m0/s1. The van der Waals surface area contributed by atoms with Crippen molar-refractivity contribution in [3.8, 4) is 0 Å². The zero-order chi connectivity index (χ0) is 15.0. The average molecular weight is 290 g/mol. The van der Waals surface area contributed by atoms with Crippen LogP contribution in [0.25, 0.3) is 0 Å². The van der Waals surface area contributed by atoms with Gasteiger partial charge in [-0.2, -0.15) is 5.10 Å². The Balaban J connectivity index is 1.73. The minimum absolute atomic E-state index is 0.0394. The average Bonchev–Trinajstić information content (AvgIpc) is 3.04. The molecular formula is C16H26N4O. The lowest BCUT2D eigenvalue weighted by Gasteiger charge is -2.37. The second-order valence-corrected chi connectivity index (χ2v) is 7.32. The molecule has 0 aromatic carbocycles. The van der Waals surface area contributed by atoms with E-state index < -0.39 is 0 Å². The Morgan fingerprint density at radius 3 is 2.81 bits per heavy atom. The molecule has 1 aliphatic heterocycles. The maximum absolute atomic E-state index is 12.7. The van der Waals surface area contributed by atoms with Gasteiger partial charge in [-0.1, -0.05) is 6.42 Å². The van der Waals surface area contributed by atoms with Crippen LogP contribution in [0.3, 0.4) is 0 Å². The van der Waals surface area contributed by atoms with E-state index in [4.69, 9.17) is 0 Å². The molecule has 2 aliphatic rings. The van der Waals surface area contributed by atoms with Gasteiger partial charge in [0.2, 0.25) is 0 Å². The Morgan fingerprint density at radius 2 is 2.05 bits per heavy atom. The fourth-order valence-electron chi connectivity index (χ4n) is 3.82. The van der Waals surface area contributed by atoms with Gasteiger partial charge in [0.15, 0.2) is 0 Å². The van der Waals surface area contributed by atoms with Gasteiger partial charge in [0.25, 0.3) is 0 Å². The van der Waals surface area contributed by atoms with Crippen LogP contribution in [0, 0.1) is 5.92 Å². The first-order chi connectivity index (χ1) is 9.97. The van der Waals surface area contributed by atoms with Crippen LogP contribution < -0.4 is 5.32 Å². The maximum Gasteiger partial charge on any atom is 0.323 e. The van der Waals surface area contributed by atoms with Gasteiger partial charge in [0, 0.05) is 18.7 Å². The number of hydrogen-bond acceptors (Lipinski definition) is 2. The number of piperidine rings is 1. The summed E-state index contributed by atoms with van der Waals surface area (Å²) in [5.41, 5.74) is -0.135. The van der Waals surface area contributed by atoms with Crippen molar-refractivity contribution in [2.24, 2.45) is 5.92 Å². The van der Waals surface area contributed by atoms with Gasteiger partial charge in [0.1, 0.15) is 5.82 Å². The first-order valence-corrected chi connectivity index (χ1v) is 8.09. The molecule has 1 N–H and O–H groups in total. The maximum atomic E-state index is 12.7. The quantitative estimate of drug-likeness (QED) is 0.861. The van der Waals surface area contributed by atoms with Crippen molar-refractivity contribution < 1.29 is 4.79 Å². The zero-order valence-electron chi connectivity index (χ0n) is 13.3. The van der Waals surface area contributed by atoms with Crippen LogP contribution in [0.4, 0.5) is 10.6 Å². The molecule has 0 bridgehead atoms. The highest BCUT2D eigenvalue weighted by Gasteiger charge is 2.37. The summed E-state index contributed by atoms with van der Waals surface area (Å²) in [4.78, 5) is 14.7. The minimum atomic E-state index is -0.135. The Bertz CT molecular complexity index is 517. The van der Waals surface area contributed by atoms with E-state index in [9.17, 15) is 4.79 Å². The molecule has 21 heavy (non-hydrogen) atoms. The summed E-state index contributed by atoms with van der Waals surface area (Å²) in [5.74, 6) is 1.50. The lowest BCUT2D eigenvalue weighted by molar-refractivity contribution is 0.138. The van der Waals surface area contributed by atoms with Crippen molar-refractivity contribution >= 4 is 11.8 Å². The number of anilines is 1. The van der Waals surface area contributed by atoms with E-state index in [1.807, 2.05) is 10.7 Å². The van der Waals surface area contributed by atoms with E-state index in [-0.39, 0.29) is 11.6 Å². The van der Waals surface area contributed by atoms with Crippen molar-refractivity contribution in [1.82, 2.24) is 14.7 Å². The van der Waals surface area contributed by atoms with Crippen molar-refractivity contribution in [3.05, 3.63) is 12.3 Å². The molecule has 2 atom stereocenters. The minimum Gasteiger partial charge on any atom is -0.321 e. The number of nitrogens with zero attached hydrogens (tertiary/aromatic N) is 3. The van der Waals surface area contributed by atoms with Crippen LogP contribution >= 0.6 is 0 Å². The van der Waals surface area contributed by atoms with Crippen LogP contribution in [-0.4, -0.2) is 33.3 Å². The molecule has 2 fully saturated rings. The Labute approximate surface area is 126 Å². The number of carbonyl (C=O) groups excluding carboxylic acids is 1. The fraction of sp³-hybridized carbons (Fsp3) is 0.750. The van der Waals surface area contributed by atoms with Crippen LogP contribution in [-0.2, 0) is 5.54 Å². The van der Waals surface area contributed by atoms with Gasteiger partial charge in [0.05, 0.1) is 11.7 Å². The third-order valence-electron chi connectivity index (χ3n) is 4.77. The SMILES string of the molecule is CC(C)(C)n1nccc1NC(=O)N1CCC[C@@H]2CCC[C@@H]21. The third-order valence-corrected chi connectivity index (χ3v) is 4.77. The molecule has 3 rings (SSSR count). The van der Waals surface area contributed by atoms with Gasteiger partial charge in [-0.25, -0.2) is 9.48 Å². The molecule has 0 spiro atoms. The number of hydrogen-bond donors (Lipinski definition) is 1. The molecule has 5 nitrogen and oxygen atoms in total. The fourth-order valence-corrected chi connectivity index (χ4v) is 3.82. The van der Waals surface area contributed by atoms with Gasteiger partial charge < -0.3 is 4.90 Å². The molecule has 1 aromatic heterocycles. The number of likely N-dealkylation sites (tertiary alicyclic amines) is 1. The number of amides is 2. The Hall–Kier alpha value is -1.52. The van der Waals surface area contributed by atoms with Crippen molar-refractivity contribution in [2.75, 3.05) is 11.9 Å². The molecule has 1 saturated carbocycles. The first kappa shape index (κ1) is 14.4. The first-order valence-electron chi connectivity index (χ1n) is 8.09. The molecule has 1 aliphatic carbocycles.